The average Bonchev–Trinajstić information content (AvgIpc) is 3.39. The van der Waals surface area contributed by atoms with Crippen molar-refractivity contribution in [2.24, 2.45) is 0 Å². The van der Waals surface area contributed by atoms with E-state index in [1.54, 1.807) is 39.7 Å². The molecule has 1 amide bonds. The summed E-state index contributed by atoms with van der Waals surface area (Å²) in [4.78, 5) is 30.8. The number of aromatic nitrogens is 4. The van der Waals surface area contributed by atoms with Gasteiger partial charge in [-0.15, -0.1) is 0 Å². The van der Waals surface area contributed by atoms with Crippen LogP contribution in [-0.2, 0) is 4.79 Å². The lowest BCUT2D eigenvalue weighted by atomic mass is 10.1. The van der Waals surface area contributed by atoms with Crippen LogP contribution in [0.2, 0.25) is 0 Å². The van der Waals surface area contributed by atoms with Crippen molar-refractivity contribution in [2.75, 3.05) is 11.1 Å². The van der Waals surface area contributed by atoms with Gasteiger partial charge >= 0.3 is 0 Å². The number of nitrogens with zero attached hydrogens (tertiary/aromatic N) is 5. The van der Waals surface area contributed by atoms with Gasteiger partial charge in [-0.3, -0.25) is 14.2 Å². The molecule has 5 rings (SSSR count). The van der Waals surface area contributed by atoms with Crippen molar-refractivity contribution in [1.29, 1.82) is 5.26 Å². The highest BCUT2D eigenvalue weighted by molar-refractivity contribution is 7.99. The second-order valence-corrected chi connectivity index (χ2v) is 9.01. The molecule has 4 aromatic rings. The van der Waals surface area contributed by atoms with E-state index in [0.717, 1.165) is 16.8 Å². The Morgan fingerprint density at radius 2 is 2.09 bits per heavy atom. The lowest BCUT2D eigenvalue weighted by molar-refractivity contribution is -0.116. The molecule has 164 valence electrons. The van der Waals surface area contributed by atoms with Crippen LogP contribution in [0.25, 0.3) is 16.7 Å². The molecule has 0 bridgehead atoms. The molecule has 0 saturated heterocycles. The summed E-state index contributed by atoms with van der Waals surface area (Å²) in [6.45, 7) is 4.03. The van der Waals surface area contributed by atoms with E-state index < -0.39 is 0 Å². The minimum Gasteiger partial charge on any atom is -0.325 e. The summed E-state index contributed by atoms with van der Waals surface area (Å²) in [5.41, 5.74) is 4.24. The van der Waals surface area contributed by atoms with Crippen LogP contribution in [0.3, 0.4) is 0 Å². The molecule has 1 N–H and O–H groups in total. The van der Waals surface area contributed by atoms with Crippen LogP contribution in [0.1, 0.15) is 29.2 Å². The maximum Gasteiger partial charge on any atom is 0.265 e. The smallest absolute Gasteiger partial charge is 0.265 e. The van der Waals surface area contributed by atoms with Crippen molar-refractivity contribution in [2.45, 2.75) is 31.5 Å². The predicted molar refractivity (Wildman–Crippen MR) is 127 cm³/mol. The Balaban J connectivity index is 1.46. The molecule has 0 fully saturated rings. The van der Waals surface area contributed by atoms with Gasteiger partial charge in [0, 0.05) is 12.2 Å². The van der Waals surface area contributed by atoms with Crippen LogP contribution in [0.5, 0.6) is 0 Å². The number of rotatable bonds is 4. The minimum absolute atomic E-state index is 0.109. The molecule has 1 unspecified atom stereocenters. The van der Waals surface area contributed by atoms with E-state index in [-0.39, 0.29) is 23.9 Å². The van der Waals surface area contributed by atoms with E-state index in [2.05, 4.69) is 22.6 Å². The number of hydrogen-bond acceptors (Lipinski definition) is 6. The molecule has 2 aromatic heterocycles. The number of anilines is 1. The first kappa shape index (κ1) is 21.0. The number of carbonyl (C=O) groups is 1. The Bertz CT molecular complexity index is 1510. The first-order chi connectivity index (χ1) is 16.0. The lowest BCUT2D eigenvalue weighted by Crippen LogP contribution is -2.28. The number of nitrogens with one attached hydrogen (secondary N) is 1. The Kier molecular flexibility index (Phi) is 5.23. The number of fused-ring (bicyclic) bond motifs is 2. The molecular weight excluding hydrogens is 436 g/mol. The maximum atomic E-state index is 13.3. The molecule has 8 nitrogen and oxygen atoms in total. The van der Waals surface area contributed by atoms with Gasteiger partial charge < -0.3 is 5.32 Å². The normalized spacial score (nSPS) is 14.8. The van der Waals surface area contributed by atoms with Gasteiger partial charge in [0.1, 0.15) is 11.5 Å². The van der Waals surface area contributed by atoms with Gasteiger partial charge in [0.15, 0.2) is 10.8 Å². The first-order valence-electron chi connectivity index (χ1n) is 10.5. The van der Waals surface area contributed by atoms with Crippen molar-refractivity contribution >= 4 is 34.4 Å². The van der Waals surface area contributed by atoms with E-state index in [4.69, 9.17) is 4.98 Å². The van der Waals surface area contributed by atoms with Crippen LogP contribution >= 0.6 is 11.8 Å². The second-order valence-electron chi connectivity index (χ2n) is 8.03. The van der Waals surface area contributed by atoms with E-state index >= 15 is 0 Å². The van der Waals surface area contributed by atoms with Crippen molar-refractivity contribution in [3.8, 4) is 11.8 Å². The van der Waals surface area contributed by atoms with E-state index in [1.165, 1.54) is 11.8 Å². The summed E-state index contributed by atoms with van der Waals surface area (Å²) >= 11 is 1.45. The zero-order valence-corrected chi connectivity index (χ0v) is 18.9. The van der Waals surface area contributed by atoms with E-state index in [9.17, 15) is 14.9 Å². The van der Waals surface area contributed by atoms with Crippen LogP contribution in [0.15, 0.2) is 58.6 Å². The molecule has 0 aliphatic carbocycles. The third-order valence-corrected chi connectivity index (χ3v) is 6.79. The van der Waals surface area contributed by atoms with Gasteiger partial charge in [0.25, 0.3) is 5.56 Å². The highest BCUT2D eigenvalue weighted by Crippen LogP contribution is 2.34. The zero-order valence-electron chi connectivity index (χ0n) is 18.1. The maximum absolute atomic E-state index is 13.3. The number of aryl methyl sites for hydroxylation is 2. The SMILES string of the molecule is Cc1ccc(-n2ncc3c(=O)n4c(nc32)SCC4CC(=O)Nc2ccccc2C#N)c(C)c1. The van der Waals surface area contributed by atoms with Gasteiger partial charge in [0.2, 0.25) is 5.91 Å². The highest BCUT2D eigenvalue weighted by Gasteiger charge is 2.30. The summed E-state index contributed by atoms with van der Waals surface area (Å²) in [5, 5.41) is 17.5. The second kappa shape index (κ2) is 8.22. The Morgan fingerprint density at radius 3 is 2.88 bits per heavy atom. The van der Waals surface area contributed by atoms with E-state index in [0.29, 0.717) is 33.2 Å². The molecular formula is C24H20N6O2S. The van der Waals surface area contributed by atoms with Gasteiger partial charge in [-0.1, -0.05) is 41.6 Å². The summed E-state index contributed by atoms with van der Waals surface area (Å²) in [7, 11) is 0. The van der Waals surface area contributed by atoms with Crippen molar-refractivity contribution in [1.82, 2.24) is 19.3 Å². The molecule has 2 aromatic carbocycles. The fourth-order valence-electron chi connectivity index (χ4n) is 4.11. The van der Waals surface area contributed by atoms with Crippen LogP contribution in [0.4, 0.5) is 5.69 Å². The number of nitriles is 1. The van der Waals surface area contributed by atoms with E-state index in [1.807, 2.05) is 26.0 Å². The van der Waals surface area contributed by atoms with Gasteiger partial charge in [-0.05, 0) is 37.6 Å². The standard InChI is InChI=1S/C24H20N6O2S/c1-14-7-8-20(15(2)9-14)30-22-18(12-26-30)23(32)29-17(13-33-24(29)28-22)10-21(31)27-19-6-4-3-5-16(19)11-25/h3-9,12,17H,10,13H2,1-2H3,(H,27,31). The molecule has 0 radical (unpaired) electrons. The fraction of sp³-hybridized carbons (Fsp3) is 0.208. The number of carbonyl (C=O) groups excluding carboxylic acids is 1. The van der Waals surface area contributed by atoms with Gasteiger partial charge in [0.05, 0.1) is 29.2 Å². The molecule has 1 aliphatic heterocycles. The van der Waals surface area contributed by atoms with Crippen LogP contribution < -0.4 is 10.9 Å². The Morgan fingerprint density at radius 1 is 1.27 bits per heavy atom. The number of amides is 1. The average molecular weight is 457 g/mol. The summed E-state index contributed by atoms with van der Waals surface area (Å²) in [6.07, 6.45) is 1.65. The van der Waals surface area contributed by atoms with Crippen LogP contribution in [0, 0.1) is 25.2 Å². The van der Waals surface area contributed by atoms with Crippen LogP contribution in [-0.4, -0.2) is 31.0 Å². The quantitative estimate of drug-likeness (QED) is 0.469. The summed E-state index contributed by atoms with van der Waals surface area (Å²) < 4.78 is 3.29. The monoisotopic (exact) mass is 456 g/mol. The molecule has 1 atom stereocenters. The number of para-hydroxylation sites is 1. The summed E-state index contributed by atoms with van der Waals surface area (Å²) in [6, 6.07) is 14.6. The van der Waals surface area contributed by atoms with Crippen molar-refractivity contribution in [3.63, 3.8) is 0 Å². The fourth-order valence-corrected chi connectivity index (χ4v) is 5.24. The number of hydrogen-bond donors (Lipinski definition) is 1. The lowest BCUT2D eigenvalue weighted by Gasteiger charge is -2.14. The topological polar surface area (TPSA) is 106 Å². The largest absolute Gasteiger partial charge is 0.325 e. The van der Waals surface area contributed by atoms with Gasteiger partial charge in [-0.25, -0.2) is 9.67 Å². The third kappa shape index (κ3) is 3.68. The highest BCUT2D eigenvalue weighted by atomic mass is 32.2. The first-order valence-corrected chi connectivity index (χ1v) is 11.4. The minimum atomic E-state index is -0.326. The molecule has 3 heterocycles. The van der Waals surface area contributed by atoms with Crippen molar-refractivity contribution < 1.29 is 4.79 Å². The predicted octanol–water partition coefficient (Wildman–Crippen LogP) is 3.75. The molecule has 1 aliphatic rings. The zero-order chi connectivity index (χ0) is 23.1. The third-order valence-electron chi connectivity index (χ3n) is 5.69. The Labute approximate surface area is 193 Å². The number of benzene rings is 2. The Hall–Kier alpha value is -3.90. The molecule has 0 saturated carbocycles. The molecule has 0 spiro atoms. The molecule has 9 heteroatoms. The van der Waals surface area contributed by atoms with Crippen molar-refractivity contribution in [3.05, 3.63) is 75.7 Å². The summed E-state index contributed by atoms with van der Waals surface area (Å²) in [5.74, 6) is 0.313. The van der Waals surface area contributed by atoms with Gasteiger partial charge in [-0.2, -0.15) is 10.4 Å². The number of thioether (sulfide) groups is 1. The molecule has 33 heavy (non-hydrogen) atoms.